The van der Waals surface area contributed by atoms with Crippen LogP contribution in [-0.2, 0) is 9.53 Å². The Balaban J connectivity index is 1.64. The summed E-state index contributed by atoms with van der Waals surface area (Å²) in [6, 6.07) is 0.508. The van der Waals surface area contributed by atoms with Gasteiger partial charge in [0.15, 0.2) is 0 Å². The number of methoxy groups -OCH3 is 1. The first-order valence-electron chi connectivity index (χ1n) is 7.86. The molecule has 2 rings (SSSR count). The fraction of sp³-hybridized carbons (Fsp3) is 0.933. The van der Waals surface area contributed by atoms with Crippen molar-refractivity contribution in [3.63, 3.8) is 0 Å². The van der Waals surface area contributed by atoms with Gasteiger partial charge in [-0.2, -0.15) is 0 Å². The molecule has 0 aromatic rings. The predicted octanol–water partition coefficient (Wildman–Crippen LogP) is 0.873. The summed E-state index contributed by atoms with van der Waals surface area (Å²) in [6.07, 6.45) is 6.88. The second kappa shape index (κ2) is 6.87. The van der Waals surface area contributed by atoms with Gasteiger partial charge >= 0.3 is 0 Å². The number of amides is 1. The van der Waals surface area contributed by atoms with Crippen molar-refractivity contribution in [3.8, 4) is 0 Å². The number of hydrogen-bond acceptors (Lipinski definition) is 4. The number of likely N-dealkylation sites (tertiary alicyclic amines) is 1. The molecule has 0 bridgehead atoms. The summed E-state index contributed by atoms with van der Waals surface area (Å²) in [5, 5.41) is 3.40. The van der Waals surface area contributed by atoms with E-state index in [1.54, 1.807) is 7.11 Å². The van der Waals surface area contributed by atoms with Crippen molar-refractivity contribution < 1.29 is 9.53 Å². The van der Waals surface area contributed by atoms with E-state index in [9.17, 15) is 4.79 Å². The molecule has 2 unspecified atom stereocenters. The first-order valence-corrected chi connectivity index (χ1v) is 7.86. The number of carbonyl (C=O) groups excluding carboxylic acids is 1. The fourth-order valence-corrected chi connectivity index (χ4v) is 2.95. The van der Waals surface area contributed by atoms with Crippen molar-refractivity contribution in [2.45, 2.75) is 63.1 Å². The lowest BCUT2D eigenvalue weighted by Gasteiger charge is -2.28. The molecule has 20 heavy (non-hydrogen) atoms. The zero-order valence-corrected chi connectivity index (χ0v) is 12.9. The molecule has 1 aliphatic heterocycles. The van der Waals surface area contributed by atoms with Gasteiger partial charge in [-0.05, 0) is 52.0 Å². The fourth-order valence-electron chi connectivity index (χ4n) is 2.95. The zero-order chi connectivity index (χ0) is 14.6. The van der Waals surface area contributed by atoms with Crippen molar-refractivity contribution in [2.24, 2.45) is 5.73 Å². The zero-order valence-electron chi connectivity index (χ0n) is 12.9. The minimum Gasteiger partial charge on any atom is -0.380 e. The van der Waals surface area contributed by atoms with Crippen molar-refractivity contribution in [2.75, 3.05) is 26.7 Å². The van der Waals surface area contributed by atoms with Crippen molar-refractivity contribution >= 4 is 5.91 Å². The highest BCUT2D eigenvalue weighted by molar-refractivity contribution is 5.84. The average molecular weight is 283 g/mol. The lowest BCUT2D eigenvalue weighted by molar-refractivity contribution is -0.124. The third-order valence-electron chi connectivity index (χ3n) is 4.61. The maximum Gasteiger partial charge on any atom is 0.237 e. The third-order valence-corrected chi connectivity index (χ3v) is 4.61. The second-order valence-electron chi connectivity index (χ2n) is 6.52. The minimum atomic E-state index is -0.527. The monoisotopic (exact) mass is 283 g/mol. The number of nitrogens with zero attached hydrogens (tertiary/aromatic N) is 1. The van der Waals surface area contributed by atoms with E-state index in [2.05, 4.69) is 10.2 Å². The van der Waals surface area contributed by atoms with E-state index in [1.807, 2.05) is 6.92 Å². The van der Waals surface area contributed by atoms with Crippen LogP contribution in [0.15, 0.2) is 0 Å². The molecule has 5 nitrogen and oxygen atoms in total. The second-order valence-corrected chi connectivity index (χ2v) is 6.52. The molecule has 116 valence electrons. The minimum absolute atomic E-state index is 0.218. The molecule has 1 heterocycles. The molecule has 2 fully saturated rings. The standard InChI is InChI=1S/C15H29N3O2/c1-15(14(16)19,17-12-5-6-12)8-3-4-9-18-10-7-13(11-18)20-2/h12-13,17H,3-11H2,1-2H3,(H2,16,19). The smallest absolute Gasteiger partial charge is 0.237 e. The largest absolute Gasteiger partial charge is 0.380 e. The highest BCUT2D eigenvalue weighted by atomic mass is 16.5. The van der Waals surface area contributed by atoms with Crippen LogP contribution in [0.1, 0.15) is 45.4 Å². The Labute approximate surface area is 122 Å². The van der Waals surface area contributed by atoms with Gasteiger partial charge in [0.2, 0.25) is 5.91 Å². The Morgan fingerprint density at radius 1 is 1.40 bits per heavy atom. The quantitative estimate of drug-likeness (QED) is 0.616. The molecule has 1 saturated carbocycles. The molecule has 3 N–H and O–H groups in total. The summed E-state index contributed by atoms with van der Waals surface area (Å²) in [6.45, 7) is 5.22. The molecule has 1 saturated heterocycles. The normalized spacial score (nSPS) is 26.6. The van der Waals surface area contributed by atoms with E-state index in [4.69, 9.17) is 10.5 Å². The van der Waals surface area contributed by atoms with Crippen LogP contribution in [0.5, 0.6) is 0 Å². The van der Waals surface area contributed by atoms with Crippen LogP contribution in [0.25, 0.3) is 0 Å². The van der Waals surface area contributed by atoms with Crippen molar-refractivity contribution in [1.82, 2.24) is 10.2 Å². The van der Waals surface area contributed by atoms with Gasteiger partial charge in [0.25, 0.3) is 0 Å². The van der Waals surface area contributed by atoms with Crippen LogP contribution in [0.3, 0.4) is 0 Å². The maximum atomic E-state index is 11.6. The number of primary amides is 1. The van der Waals surface area contributed by atoms with Crippen LogP contribution < -0.4 is 11.1 Å². The molecule has 5 heteroatoms. The SMILES string of the molecule is COC1CCN(CCCCC(C)(NC2CC2)C(N)=O)C1. The molecule has 0 aromatic carbocycles. The molecule has 0 spiro atoms. The molecule has 1 amide bonds. The van der Waals surface area contributed by atoms with Gasteiger partial charge in [-0.1, -0.05) is 0 Å². The summed E-state index contributed by atoms with van der Waals surface area (Å²) in [4.78, 5) is 14.1. The van der Waals surface area contributed by atoms with Gasteiger partial charge in [0.05, 0.1) is 11.6 Å². The van der Waals surface area contributed by atoms with Crippen LogP contribution >= 0.6 is 0 Å². The van der Waals surface area contributed by atoms with E-state index in [1.165, 1.54) is 12.8 Å². The van der Waals surface area contributed by atoms with Crippen LogP contribution in [0, 0.1) is 0 Å². The molecular formula is C15H29N3O2. The van der Waals surface area contributed by atoms with Gasteiger partial charge in [0, 0.05) is 26.2 Å². The first-order chi connectivity index (χ1) is 9.53. The van der Waals surface area contributed by atoms with E-state index in [-0.39, 0.29) is 5.91 Å². The number of ether oxygens (including phenoxy) is 1. The molecule has 0 radical (unpaired) electrons. The van der Waals surface area contributed by atoms with Crippen LogP contribution in [0.4, 0.5) is 0 Å². The van der Waals surface area contributed by atoms with Gasteiger partial charge in [0.1, 0.15) is 0 Å². The highest BCUT2D eigenvalue weighted by Crippen LogP contribution is 2.25. The lowest BCUT2D eigenvalue weighted by Crippen LogP contribution is -2.54. The Morgan fingerprint density at radius 3 is 2.70 bits per heavy atom. The summed E-state index contributed by atoms with van der Waals surface area (Å²) in [5.74, 6) is -0.218. The molecular weight excluding hydrogens is 254 g/mol. The van der Waals surface area contributed by atoms with Gasteiger partial charge in [-0.3, -0.25) is 4.79 Å². The van der Waals surface area contributed by atoms with Gasteiger partial charge < -0.3 is 20.7 Å². The average Bonchev–Trinajstić information content (AvgIpc) is 3.10. The summed E-state index contributed by atoms with van der Waals surface area (Å²) < 4.78 is 5.37. The first kappa shape index (κ1) is 15.7. The van der Waals surface area contributed by atoms with Gasteiger partial charge in [-0.25, -0.2) is 0 Å². The van der Waals surface area contributed by atoms with E-state index in [0.717, 1.165) is 45.3 Å². The molecule has 1 aliphatic carbocycles. The van der Waals surface area contributed by atoms with E-state index in [0.29, 0.717) is 12.1 Å². The van der Waals surface area contributed by atoms with Crippen molar-refractivity contribution in [3.05, 3.63) is 0 Å². The Morgan fingerprint density at radius 2 is 2.15 bits per heavy atom. The Hall–Kier alpha value is -0.650. The summed E-state index contributed by atoms with van der Waals surface area (Å²) in [7, 11) is 1.79. The number of nitrogens with one attached hydrogen (secondary N) is 1. The van der Waals surface area contributed by atoms with Gasteiger partial charge in [-0.15, -0.1) is 0 Å². The number of rotatable bonds is 9. The number of nitrogens with two attached hydrogens (primary N) is 1. The molecule has 2 atom stereocenters. The summed E-state index contributed by atoms with van der Waals surface area (Å²) >= 11 is 0. The van der Waals surface area contributed by atoms with Crippen LogP contribution in [0.2, 0.25) is 0 Å². The molecule has 0 aromatic heterocycles. The topological polar surface area (TPSA) is 67.6 Å². The van der Waals surface area contributed by atoms with E-state index < -0.39 is 5.54 Å². The number of hydrogen-bond donors (Lipinski definition) is 2. The van der Waals surface area contributed by atoms with E-state index >= 15 is 0 Å². The Bertz CT molecular complexity index is 333. The summed E-state index contributed by atoms with van der Waals surface area (Å²) in [5.41, 5.74) is 5.03. The predicted molar refractivity (Wildman–Crippen MR) is 79.5 cm³/mol. The third kappa shape index (κ3) is 4.43. The lowest BCUT2D eigenvalue weighted by atomic mass is 9.93. The van der Waals surface area contributed by atoms with Crippen LogP contribution in [-0.4, -0.2) is 55.2 Å². The highest BCUT2D eigenvalue weighted by Gasteiger charge is 2.36. The number of carbonyl (C=O) groups is 1. The number of unbranched alkanes of at least 4 members (excludes halogenated alkanes) is 1. The van der Waals surface area contributed by atoms with Crippen molar-refractivity contribution in [1.29, 1.82) is 0 Å². The Kier molecular flexibility index (Phi) is 5.41. The maximum absolute atomic E-state index is 11.6. The molecule has 2 aliphatic rings.